The molecule has 1 aliphatic heterocycles. The number of hydrogen-bond acceptors (Lipinski definition) is 7. The molecule has 0 spiro atoms. The molecule has 0 aliphatic carbocycles. The average molecular weight is 286 g/mol. The van der Waals surface area contributed by atoms with Gasteiger partial charge in [-0.25, -0.2) is 4.98 Å². The van der Waals surface area contributed by atoms with E-state index in [1.807, 2.05) is 4.98 Å². The van der Waals surface area contributed by atoms with Crippen LogP contribution in [-0.2, 0) is 4.74 Å². The van der Waals surface area contributed by atoms with Crippen LogP contribution in [0.5, 0.6) is 0 Å². The van der Waals surface area contributed by atoms with E-state index in [4.69, 9.17) is 9.84 Å². The standard InChI is InChI=1S/C10H11FN4O5/c11-10-13-7-4(8(19)14-10)12-2-15(7)9-6(18)5(17)3(1-16)20-9/h2-3,5-6,9,16-18H,1H2,(H,13,14,19)/t3-,5-,6+,9-/m1/s1. The summed E-state index contributed by atoms with van der Waals surface area (Å²) in [6.45, 7) is -0.496. The molecule has 2 aromatic rings. The molecular weight excluding hydrogens is 275 g/mol. The molecule has 0 saturated carbocycles. The van der Waals surface area contributed by atoms with Crippen LogP contribution >= 0.6 is 0 Å². The van der Waals surface area contributed by atoms with E-state index in [1.54, 1.807) is 0 Å². The number of nitrogens with one attached hydrogen (secondary N) is 1. The zero-order valence-electron chi connectivity index (χ0n) is 9.97. The Bertz CT molecular complexity index is 701. The molecule has 0 aromatic carbocycles. The van der Waals surface area contributed by atoms with Crippen LogP contribution in [-0.4, -0.2) is 59.8 Å². The van der Waals surface area contributed by atoms with E-state index >= 15 is 0 Å². The summed E-state index contributed by atoms with van der Waals surface area (Å²) in [4.78, 5) is 20.6. The molecule has 20 heavy (non-hydrogen) atoms. The van der Waals surface area contributed by atoms with Crippen molar-refractivity contribution in [1.82, 2.24) is 19.5 Å². The van der Waals surface area contributed by atoms with Gasteiger partial charge in [-0.15, -0.1) is 0 Å². The Morgan fingerprint density at radius 3 is 2.85 bits per heavy atom. The maximum atomic E-state index is 13.2. The van der Waals surface area contributed by atoms with Crippen molar-refractivity contribution < 1.29 is 24.4 Å². The second-order valence-electron chi connectivity index (χ2n) is 4.41. The van der Waals surface area contributed by atoms with E-state index in [0.717, 1.165) is 10.9 Å². The summed E-state index contributed by atoms with van der Waals surface area (Å²) in [5.41, 5.74) is -1.01. The first-order chi connectivity index (χ1) is 9.52. The van der Waals surface area contributed by atoms with Crippen molar-refractivity contribution in [2.75, 3.05) is 6.61 Å². The molecule has 0 radical (unpaired) electrons. The summed E-state index contributed by atoms with van der Waals surface area (Å²) in [6, 6.07) is 0. The number of aromatic amines is 1. The topological polar surface area (TPSA) is 133 Å². The monoisotopic (exact) mass is 286 g/mol. The summed E-state index contributed by atoms with van der Waals surface area (Å²) < 4.78 is 19.6. The summed E-state index contributed by atoms with van der Waals surface area (Å²) in [7, 11) is 0. The summed E-state index contributed by atoms with van der Waals surface area (Å²) in [6.07, 6.45) is -4.74. The lowest BCUT2D eigenvalue weighted by atomic mass is 10.1. The van der Waals surface area contributed by atoms with Crippen molar-refractivity contribution in [2.45, 2.75) is 24.5 Å². The van der Waals surface area contributed by atoms with E-state index in [-0.39, 0.29) is 11.2 Å². The van der Waals surface area contributed by atoms with Crippen molar-refractivity contribution in [3.05, 3.63) is 22.8 Å². The summed E-state index contributed by atoms with van der Waals surface area (Å²) >= 11 is 0. The molecular formula is C10H11FN4O5. The zero-order valence-corrected chi connectivity index (χ0v) is 9.97. The normalized spacial score (nSPS) is 30.2. The summed E-state index contributed by atoms with van der Waals surface area (Å²) in [5.74, 6) is 0. The molecule has 1 fully saturated rings. The van der Waals surface area contributed by atoms with Gasteiger partial charge in [0.1, 0.15) is 18.3 Å². The molecule has 108 valence electrons. The van der Waals surface area contributed by atoms with Crippen LogP contribution in [0.3, 0.4) is 0 Å². The largest absolute Gasteiger partial charge is 0.394 e. The Morgan fingerprint density at radius 2 is 2.20 bits per heavy atom. The van der Waals surface area contributed by atoms with Crippen LogP contribution in [0.25, 0.3) is 11.2 Å². The molecule has 4 atom stereocenters. The average Bonchev–Trinajstić information content (AvgIpc) is 2.93. The first-order valence-corrected chi connectivity index (χ1v) is 5.77. The maximum absolute atomic E-state index is 13.2. The highest BCUT2D eigenvalue weighted by Crippen LogP contribution is 2.30. The van der Waals surface area contributed by atoms with Crippen LogP contribution in [0, 0.1) is 6.08 Å². The van der Waals surface area contributed by atoms with Crippen LogP contribution in [0.4, 0.5) is 4.39 Å². The van der Waals surface area contributed by atoms with Gasteiger partial charge in [0, 0.05) is 0 Å². The first kappa shape index (κ1) is 13.1. The fourth-order valence-corrected chi connectivity index (χ4v) is 2.20. The number of aliphatic hydroxyl groups excluding tert-OH is 3. The fourth-order valence-electron chi connectivity index (χ4n) is 2.20. The predicted molar refractivity (Wildman–Crippen MR) is 61.1 cm³/mol. The number of hydrogen-bond donors (Lipinski definition) is 4. The van der Waals surface area contributed by atoms with E-state index < -0.39 is 42.8 Å². The number of nitrogens with zero attached hydrogens (tertiary/aromatic N) is 3. The Hall–Kier alpha value is -1.88. The number of rotatable bonds is 2. The lowest BCUT2D eigenvalue weighted by Crippen LogP contribution is -2.33. The molecule has 3 heterocycles. The minimum absolute atomic E-state index is 0.121. The number of H-pyrrole nitrogens is 1. The third-order valence-corrected chi connectivity index (χ3v) is 3.19. The minimum atomic E-state index is -1.37. The Labute approximate surface area is 110 Å². The van der Waals surface area contributed by atoms with Crippen molar-refractivity contribution in [1.29, 1.82) is 0 Å². The Kier molecular flexibility index (Phi) is 3.01. The van der Waals surface area contributed by atoms with Gasteiger partial charge in [0.2, 0.25) is 0 Å². The molecule has 1 aliphatic rings. The lowest BCUT2D eigenvalue weighted by Gasteiger charge is -2.16. The van der Waals surface area contributed by atoms with Gasteiger partial charge in [-0.3, -0.25) is 14.3 Å². The number of imidazole rings is 1. The van der Waals surface area contributed by atoms with Crippen molar-refractivity contribution in [3.8, 4) is 0 Å². The van der Waals surface area contributed by atoms with Crippen LogP contribution in [0.15, 0.2) is 11.1 Å². The molecule has 0 bridgehead atoms. The highest BCUT2D eigenvalue weighted by molar-refractivity contribution is 5.69. The first-order valence-electron chi connectivity index (χ1n) is 5.77. The van der Waals surface area contributed by atoms with E-state index in [0.29, 0.717) is 0 Å². The molecule has 9 nitrogen and oxygen atoms in total. The lowest BCUT2D eigenvalue weighted by molar-refractivity contribution is -0.0511. The minimum Gasteiger partial charge on any atom is -0.394 e. The zero-order chi connectivity index (χ0) is 14.4. The molecule has 0 amide bonds. The second-order valence-corrected chi connectivity index (χ2v) is 4.41. The van der Waals surface area contributed by atoms with E-state index in [1.165, 1.54) is 0 Å². The summed E-state index contributed by atoms with van der Waals surface area (Å²) in [5, 5.41) is 28.6. The van der Waals surface area contributed by atoms with Gasteiger partial charge in [-0.1, -0.05) is 0 Å². The number of aliphatic hydroxyl groups is 3. The van der Waals surface area contributed by atoms with Gasteiger partial charge < -0.3 is 20.1 Å². The number of fused-ring (bicyclic) bond motifs is 1. The third kappa shape index (κ3) is 1.81. The smallest absolute Gasteiger partial charge is 0.291 e. The SMILES string of the molecule is O=c1[nH]c(F)nc2c1ncn2[C@@H]1O[C@H](CO)[C@@H](O)[C@@H]1O. The highest BCUT2D eigenvalue weighted by Gasteiger charge is 2.44. The van der Waals surface area contributed by atoms with Crippen molar-refractivity contribution in [3.63, 3.8) is 0 Å². The van der Waals surface area contributed by atoms with Gasteiger partial charge in [0.15, 0.2) is 17.4 Å². The van der Waals surface area contributed by atoms with Gasteiger partial charge in [0.05, 0.1) is 12.9 Å². The molecule has 1 saturated heterocycles. The van der Waals surface area contributed by atoms with Gasteiger partial charge in [-0.2, -0.15) is 9.37 Å². The third-order valence-electron chi connectivity index (χ3n) is 3.19. The van der Waals surface area contributed by atoms with E-state index in [2.05, 4.69) is 9.97 Å². The van der Waals surface area contributed by atoms with Gasteiger partial charge >= 0.3 is 0 Å². The van der Waals surface area contributed by atoms with Crippen molar-refractivity contribution >= 4 is 11.2 Å². The van der Waals surface area contributed by atoms with Crippen LogP contribution < -0.4 is 5.56 Å². The highest BCUT2D eigenvalue weighted by atomic mass is 19.1. The van der Waals surface area contributed by atoms with E-state index in [9.17, 15) is 19.4 Å². The molecule has 10 heteroatoms. The number of ether oxygens (including phenoxy) is 1. The maximum Gasteiger partial charge on any atom is 0.291 e. The quantitative estimate of drug-likeness (QED) is 0.463. The van der Waals surface area contributed by atoms with Crippen LogP contribution in [0.2, 0.25) is 0 Å². The van der Waals surface area contributed by atoms with Crippen LogP contribution in [0.1, 0.15) is 6.23 Å². The molecule has 2 aromatic heterocycles. The molecule has 3 rings (SSSR count). The number of aromatic nitrogens is 4. The van der Waals surface area contributed by atoms with Gasteiger partial charge in [0.25, 0.3) is 11.6 Å². The van der Waals surface area contributed by atoms with Crippen molar-refractivity contribution in [2.24, 2.45) is 0 Å². The fraction of sp³-hybridized carbons (Fsp3) is 0.500. The Balaban J connectivity index is 2.09. The van der Waals surface area contributed by atoms with Gasteiger partial charge in [-0.05, 0) is 0 Å². The second kappa shape index (κ2) is 4.59. The molecule has 0 unspecified atom stereocenters. The molecule has 4 N–H and O–H groups in total. The predicted octanol–water partition coefficient (Wildman–Crippen LogP) is -2.13. The Morgan fingerprint density at radius 1 is 1.45 bits per heavy atom. The number of halogens is 1.